The molecule has 63 heavy (non-hydrogen) atoms. The Balaban J connectivity index is 0.969. The SMILES string of the molecule is CCCCC(CC)CN(CCCC)c1ccc(-c2cc3sc(-c4ccc(-c5cc6sc(-c7ccc(N(CCCC)CC(CC)CCCC)cc7)cc6s5)c5nsnc45)cc3s2)cc1. The second-order valence-electron chi connectivity index (χ2n) is 17.5. The van der Waals surface area contributed by atoms with Crippen LogP contribution in [0, 0.1) is 11.8 Å². The molecule has 0 saturated carbocycles. The average Bonchev–Trinajstić information content (AvgIpc) is 4.16. The van der Waals surface area contributed by atoms with Crippen molar-refractivity contribution in [2.75, 3.05) is 36.0 Å². The lowest BCUT2D eigenvalue weighted by atomic mass is 9.98. The molecule has 0 radical (unpaired) electrons. The zero-order valence-electron chi connectivity index (χ0n) is 38.4. The molecular formula is C54H66N4S5. The van der Waals surface area contributed by atoms with Gasteiger partial charge in [0.2, 0.25) is 0 Å². The molecule has 5 aromatic heterocycles. The van der Waals surface area contributed by atoms with Gasteiger partial charge >= 0.3 is 0 Å². The molecule has 0 aliphatic heterocycles. The van der Waals surface area contributed by atoms with Gasteiger partial charge in [-0.1, -0.05) is 129 Å². The molecule has 332 valence electrons. The fraction of sp³-hybridized carbons (Fsp3) is 0.444. The van der Waals surface area contributed by atoms with Gasteiger partial charge in [-0.05, 0) is 97.2 Å². The van der Waals surface area contributed by atoms with E-state index in [0.29, 0.717) is 0 Å². The Bertz CT molecular complexity index is 2400. The molecule has 8 rings (SSSR count). The molecule has 9 heteroatoms. The van der Waals surface area contributed by atoms with E-state index in [1.165, 1.54) is 161 Å². The maximum Gasteiger partial charge on any atom is 0.114 e. The average molecular weight is 931 g/mol. The molecule has 0 amide bonds. The zero-order chi connectivity index (χ0) is 43.7. The van der Waals surface area contributed by atoms with Crippen molar-refractivity contribution in [2.45, 2.75) is 119 Å². The molecule has 3 aromatic carbocycles. The second-order valence-corrected chi connectivity index (χ2v) is 22.4. The third-order valence-electron chi connectivity index (χ3n) is 13.0. The molecular weight excluding hydrogens is 865 g/mol. The van der Waals surface area contributed by atoms with E-state index in [1.807, 2.05) is 45.3 Å². The van der Waals surface area contributed by atoms with Gasteiger partial charge in [-0.3, -0.25) is 0 Å². The van der Waals surface area contributed by atoms with Crippen molar-refractivity contribution in [3.05, 3.63) is 84.9 Å². The monoisotopic (exact) mass is 930 g/mol. The van der Waals surface area contributed by atoms with Crippen LogP contribution in [-0.4, -0.2) is 34.9 Å². The highest BCUT2D eigenvalue weighted by Gasteiger charge is 2.20. The highest BCUT2D eigenvalue weighted by Crippen LogP contribution is 2.47. The number of anilines is 2. The first-order valence-electron chi connectivity index (χ1n) is 24.0. The number of thiophene rings is 4. The number of rotatable bonds is 24. The van der Waals surface area contributed by atoms with Gasteiger partial charge < -0.3 is 9.80 Å². The van der Waals surface area contributed by atoms with Crippen LogP contribution in [0.4, 0.5) is 11.4 Å². The van der Waals surface area contributed by atoms with Crippen molar-refractivity contribution < 1.29 is 0 Å². The summed E-state index contributed by atoms with van der Waals surface area (Å²) in [6.45, 7) is 18.5. The van der Waals surface area contributed by atoms with E-state index in [-0.39, 0.29) is 0 Å². The van der Waals surface area contributed by atoms with Gasteiger partial charge in [0.25, 0.3) is 0 Å². The van der Waals surface area contributed by atoms with E-state index < -0.39 is 0 Å². The number of benzene rings is 3. The standard InChI is InChI=1S/C54H66N4S5/c1-7-13-17-37(11-5)35-57(29-15-9-3)41-23-19-39(20-24-41)45-31-49-51(59-45)33-47(61-49)43-27-28-44(54-53(43)55-63-56-54)48-34-52-50(62-48)32-46(60-52)40-21-25-42(26-22-40)58(30-16-10-4)36-38(12-6)18-14-8-2/h19-28,31-34,37-38H,7-18,29-30,35-36H2,1-6H3. The Morgan fingerprint density at radius 2 is 0.810 bits per heavy atom. The number of hydrogen-bond donors (Lipinski definition) is 0. The van der Waals surface area contributed by atoms with Crippen LogP contribution in [0.2, 0.25) is 0 Å². The molecule has 0 N–H and O–H groups in total. The van der Waals surface area contributed by atoms with Gasteiger partial charge in [-0.2, -0.15) is 8.75 Å². The fourth-order valence-corrected chi connectivity index (χ4v) is 14.4. The summed E-state index contributed by atoms with van der Waals surface area (Å²) in [5.74, 6) is 1.53. The van der Waals surface area contributed by atoms with E-state index in [0.717, 1.165) is 49.0 Å². The summed E-state index contributed by atoms with van der Waals surface area (Å²) in [6.07, 6.45) is 15.3. The summed E-state index contributed by atoms with van der Waals surface area (Å²) in [5.41, 5.74) is 9.73. The Hall–Kier alpha value is -3.60. The van der Waals surface area contributed by atoms with Crippen molar-refractivity contribution in [1.82, 2.24) is 8.75 Å². The normalized spacial score (nSPS) is 12.9. The summed E-state index contributed by atoms with van der Waals surface area (Å²) < 4.78 is 15.1. The summed E-state index contributed by atoms with van der Waals surface area (Å²) >= 11 is 8.88. The second kappa shape index (κ2) is 22.1. The third kappa shape index (κ3) is 10.8. The van der Waals surface area contributed by atoms with E-state index in [1.54, 1.807) is 0 Å². The topological polar surface area (TPSA) is 32.3 Å². The molecule has 0 bridgehead atoms. The molecule has 4 nitrogen and oxygen atoms in total. The van der Waals surface area contributed by atoms with E-state index in [2.05, 4.69) is 136 Å². The van der Waals surface area contributed by atoms with E-state index >= 15 is 0 Å². The molecule has 0 fully saturated rings. The first kappa shape index (κ1) is 45.9. The van der Waals surface area contributed by atoms with Gasteiger partial charge in [-0.15, -0.1) is 45.3 Å². The molecule has 0 aliphatic carbocycles. The predicted molar refractivity (Wildman–Crippen MR) is 287 cm³/mol. The number of nitrogens with zero attached hydrogens (tertiary/aromatic N) is 4. The van der Waals surface area contributed by atoms with Gasteiger partial charge in [0.15, 0.2) is 0 Å². The third-order valence-corrected chi connectivity index (χ3v) is 18.3. The number of fused-ring (bicyclic) bond motifs is 3. The van der Waals surface area contributed by atoms with Crippen molar-refractivity contribution in [1.29, 1.82) is 0 Å². The smallest absolute Gasteiger partial charge is 0.114 e. The van der Waals surface area contributed by atoms with Gasteiger partial charge in [0, 0.05) is 87.0 Å². The number of aromatic nitrogens is 2. The van der Waals surface area contributed by atoms with Crippen LogP contribution < -0.4 is 9.80 Å². The van der Waals surface area contributed by atoms with Crippen LogP contribution in [0.1, 0.15) is 119 Å². The first-order chi connectivity index (χ1) is 30.9. The molecule has 2 unspecified atom stereocenters. The van der Waals surface area contributed by atoms with Crippen LogP contribution in [0.5, 0.6) is 0 Å². The lowest BCUT2D eigenvalue weighted by Crippen LogP contribution is -2.30. The zero-order valence-corrected chi connectivity index (χ0v) is 42.5. The predicted octanol–water partition coefficient (Wildman–Crippen LogP) is 18.6. The quantitative estimate of drug-likeness (QED) is 0.0604. The molecule has 5 heterocycles. The van der Waals surface area contributed by atoms with Crippen LogP contribution in [-0.2, 0) is 0 Å². The molecule has 2 atom stereocenters. The van der Waals surface area contributed by atoms with Crippen LogP contribution in [0.3, 0.4) is 0 Å². The summed E-state index contributed by atoms with van der Waals surface area (Å²) in [5, 5.41) is 0. The first-order valence-corrected chi connectivity index (χ1v) is 28.0. The van der Waals surface area contributed by atoms with Gasteiger partial charge in [0.05, 0.1) is 11.7 Å². The summed E-state index contributed by atoms with van der Waals surface area (Å²) in [7, 11) is 0. The Kier molecular flexibility index (Phi) is 16.1. The highest BCUT2D eigenvalue weighted by molar-refractivity contribution is 7.31. The fourth-order valence-electron chi connectivity index (χ4n) is 8.97. The van der Waals surface area contributed by atoms with Crippen LogP contribution in [0.15, 0.2) is 84.9 Å². The Morgan fingerprint density at radius 1 is 0.444 bits per heavy atom. The Morgan fingerprint density at radius 3 is 1.17 bits per heavy atom. The van der Waals surface area contributed by atoms with Crippen LogP contribution >= 0.6 is 57.1 Å². The molecule has 0 spiro atoms. The van der Waals surface area contributed by atoms with Crippen molar-refractivity contribution >= 4 is 98.3 Å². The van der Waals surface area contributed by atoms with E-state index in [4.69, 9.17) is 8.75 Å². The van der Waals surface area contributed by atoms with Gasteiger partial charge in [-0.25, -0.2) is 0 Å². The minimum absolute atomic E-state index is 0.763. The van der Waals surface area contributed by atoms with Gasteiger partial charge in [0.1, 0.15) is 11.0 Å². The van der Waals surface area contributed by atoms with Crippen molar-refractivity contribution in [2.24, 2.45) is 11.8 Å². The van der Waals surface area contributed by atoms with E-state index in [9.17, 15) is 0 Å². The molecule has 0 saturated heterocycles. The number of unbranched alkanes of at least 4 members (excludes halogenated alkanes) is 4. The minimum atomic E-state index is 0.763. The minimum Gasteiger partial charge on any atom is -0.371 e. The van der Waals surface area contributed by atoms with Crippen molar-refractivity contribution in [3.63, 3.8) is 0 Å². The lowest BCUT2D eigenvalue weighted by Gasteiger charge is -2.29. The maximum absolute atomic E-state index is 4.88. The molecule has 8 aromatic rings. The Labute approximate surface area is 397 Å². The number of hydrogen-bond acceptors (Lipinski definition) is 9. The summed E-state index contributed by atoms with van der Waals surface area (Å²) in [4.78, 5) is 10.5. The summed E-state index contributed by atoms with van der Waals surface area (Å²) in [6, 6.07) is 32.9. The van der Waals surface area contributed by atoms with Crippen LogP contribution in [0.25, 0.3) is 71.6 Å². The maximum atomic E-state index is 4.88. The lowest BCUT2D eigenvalue weighted by molar-refractivity contribution is 0.444. The highest BCUT2D eigenvalue weighted by atomic mass is 32.1. The van der Waals surface area contributed by atoms with Crippen molar-refractivity contribution in [3.8, 4) is 41.8 Å². The molecule has 0 aliphatic rings. The largest absolute Gasteiger partial charge is 0.371 e.